The summed E-state index contributed by atoms with van der Waals surface area (Å²) < 4.78 is 12.3. The van der Waals surface area contributed by atoms with E-state index in [2.05, 4.69) is 20.9 Å². The Morgan fingerprint density at radius 1 is 1.15 bits per heavy atom. The first-order valence-electron chi connectivity index (χ1n) is 10.9. The Balaban J connectivity index is 1.44. The van der Waals surface area contributed by atoms with Crippen LogP contribution in [0.5, 0.6) is 0 Å². The molecule has 1 N–H and O–H groups in total. The number of aromatic amines is 1. The Morgan fingerprint density at radius 2 is 1.97 bits per heavy atom. The molecule has 0 saturated carbocycles. The van der Waals surface area contributed by atoms with Gasteiger partial charge >= 0.3 is 0 Å². The molecular weight excluding hydrogens is 440 g/mol. The lowest BCUT2D eigenvalue weighted by Crippen LogP contribution is -2.36. The van der Waals surface area contributed by atoms with Crippen LogP contribution in [0.2, 0.25) is 5.02 Å². The molecule has 0 bridgehead atoms. The highest BCUT2D eigenvalue weighted by Crippen LogP contribution is 2.30. The molecule has 0 radical (unpaired) electrons. The van der Waals surface area contributed by atoms with Crippen molar-refractivity contribution in [3.63, 3.8) is 0 Å². The molecule has 0 atom stereocenters. The van der Waals surface area contributed by atoms with Crippen molar-refractivity contribution in [3.05, 3.63) is 81.5 Å². The minimum atomic E-state index is -0.0765. The number of nitrogens with one attached hydrogen (secondary N) is 1. The maximum Gasteiger partial charge on any atom is 0.251 e. The van der Waals surface area contributed by atoms with Crippen LogP contribution in [0.3, 0.4) is 0 Å². The summed E-state index contributed by atoms with van der Waals surface area (Å²) in [5.74, 6) is 0. The molecule has 4 aromatic rings. The van der Waals surface area contributed by atoms with E-state index < -0.39 is 0 Å². The number of hydrogen-bond acceptors (Lipinski definition) is 5. The van der Waals surface area contributed by atoms with Gasteiger partial charge in [-0.3, -0.25) is 4.79 Å². The summed E-state index contributed by atoms with van der Waals surface area (Å²) in [4.78, 5) is 23.0. The van der Waals surface area contributed by atoms with E-state index in [9.17, 15) is 4.79 Å². The van der Waals surface area contributed by atoms with Crippen LogP contribution in [-0.2, 0) is 22.6 Å². The highest BCUT2D eigenvalue weighted by Gasteiger charge is 2.15. The summed E-state index contributed by atoms with van der Waals surface area (Å²) in [6, 6.07) is 11.5. The number of pyridine rings is 2. The molecule has 4 heterocycles. The molecule has 3 aromatic heterocycles. The van der Waals surface area contributed by atoms with E-state index in [1.165, 1.54) is 0 Å². The molecule has 8 heteroatoms. The second-order valence-electron chi connectivity index (χ2n) is 8.17. The molecule has 1 aromatic carbocycles. The predicted octanol–water partition coefficient (Wildman–Crippen LogP) is 4.08. The number of anilines is 1. The van der Waals surface area contributed by atoms with Gasteiger partial charge in [0.25, 0.3) is 5.56 Å². The third-order valence-corrected chi connectivity index (χ3v) is 6.10. The molecule has 170 valence electrons. The number of ether oxygens (including phenoxy) is 2. The van der Waals surface area contributed by atoms with Crippen molar-refractivity contribution in [1.29, 1.82) is 0 Å². The average molecular weight is 465 g/mol. The van der Waals surface area contributed by atoms with E-state index in [4.69, 9.17) is 21.1 Å². The number of nitrogens with zero attached hydrogens (tertiary/aromatic N) is 3. The molecule has 1 fully saturated rings. The van der Waals surface area contributed by atoms with Gasteiger partial charge in [0, 0.05) is 54.6 Å². The number of fused-ring (bicyclic) bond motifs is 1. The molecule has 0 spiro atoms. The van der Waals surface area contributed by atoms with Crippen LogP contribution in [0.25, 0.3) is 22.2 Å². The summed E-state index contributed by atoms with van der Waals surface area (Å²) >= 11 is 6.25. The van der Waals surface area contributed by atoms with E-state index >= 15 is 0 Å². The van der Waals surface area contributed by atoms with E-state index in [0.29, 0.717) is 18.2 Å². The van der Waals surface area contributed by atoms with Crippen molar-refractivity contribution in [1.82, 2.24) is 14.5 Å². The number of methoxy groups -OCH3 is 1. The first-order chi connectivity index (χ1) is 16.1. The lowest BCUT2D eigenvalue weighted by Gasteiger charge is -2.28. The molecule has 1 aliphatic rings. The molecular formula is C25H25ClN4O3. The minimum Gasteiger partial charge on any atom is -0.380 e. The molecule has 1 saturated heterocycles. The first kappa shape index (κ1) is 21.7. The van der Waals surface area contributed by atoms with Crippen LogP contribution in [0, 0.1) is 0 Å². The van der Waals surface area contributed by atoms with Gasteiger partial charge in [0.15, 0.2) is 0 Å². The molecule has 1 aliphatic heterocycles. The monoisotopic (exact) mass is 464 g/mol. The molecule has 5 rings (SSSR count). The summed E-state index contributed by atoms with van der Waals surface area (Å²) in [5, 5.41) is 1.63. The van der Waals surface area contributed by atoms with E-state index in [1.54, 1.807) is 17.7 Å². The minimum absolute atomic E-state index is 0.0765. The van der Waals surface area contributed by atoms with Crippen LogP contribution < -0.4 is 10.5 Å². The van der Waals surface area contributed by atoms with Crippen molar-refractivity contribution < 1.29 is 9.47 Å². The van der Waals surface area contributed by atoms with Gasteiger partial charge in [0.1, 0.15) is 5.65 Å². The second kappa shape index (κ2) is 9.39. The van der Waals surface area contributed by atoms with Crippen LogP contribution in [-0.4, -0.2) is 47.9 Å². The number of aromatic nitrogens is 3. The fourth-order valence-corrected chi connectivity index (χ4v) is 4.57. The Bertz CT molecular complexity index is 1340. The van der Waals surface area contributed by atoms with Gasteiger partial charge in [-0.25, -0.2) is 4.98 Å². The zero-order valence-electron chi connectivity index (χ0n) is 18.4. The summed E-state index contributed by atoms with van der Waals surface area (Å²) in [5.41, 5.74) is 5.54. The van der Waals surface area contributed by atoms with E-state index in [1.807, 2.05) is 42.9 Å². The number of morpholine rings is 1. The van der Waals surface area contributed by atoms with Gasteiger partial charge in [-0.15, -0.1) is 0 Å². The molecule has 33 heavy (non-hydrogen) atoms. The van der Waals surface area contributed by atoms with Gasteiger partial charge in [0.05, 0.1) is 38.2 Å². The Hall–Kier alpha value is -3.13. The maximum atomic E-state index is 12.9. The number of H-pyrrole nitrogens is 1. The molecule has 7 nitrogen and oxygen atoms in total. The first-order valence-corrected chi connectivity index (χ1v) is 11.3. The highest BCUT2D eigenvalue weighted by molar-refractivity contribution is 6.30. The summed E-state index contributed by atoms with van der Waals surface area (Å²) in [7, 11) is 1.65. The Labute approximate surface area is 196 Å². The standard InChI is InChI=1S/C25H25ClN4O3/c1-32-16-18-8-17(9-20(26)10-18)15-30-3-2-19(11-24(30)31)23-14-28-25-22(23)12-21(13-27-25)29-4-6-33-7-5-29/h2-3,8-14H,4-7,15-16H2,1H3,(H,27,28). The molecule has 0 unspecified atom stereocenters. The van der Waals surface area contributed by atoms with Crippen molar-refractivity contribution in [2.75, 3.05) is 38.3 Å². The average Bonchev–Trinajstić information content (AvgIpc) is 3.24. The Morgan fingerprint density at radius 3 is 2.76 bits per heavy atom. The number of rotatable bonds is 6. The van der Waals surface area contributed by atoms with Crippen LogP contribution in [0.15, 0.2) is 59.8 Å². The Kier molecular flexibility index (Phi) is 6.17. The molecule has 0 amide bonds. The highest BCUT2D eigenvalue weighted by atomic mass is 35.5. The van der Waals surface area contributed by atoms with Crippen LogP contribution in [0.4, 0.5) is 5.69 Å². The largest absolute Gasteiger partial charge is 0.380 e. The van der Waals surface area contributed by atoms with Gasteiger partial charge in [-0.2, -0.15) is 0 Å². The summed E-state index contributed by atoms with van der Waals surface area (Å²) in [6.07, 6.45) is 5.62. The quantitative estimate of drug-likeness (QED) is 0.465. The van der Waals surface area contributed by atoms with E-state index in [0.717, 1.165) is 65.3 Å². The fourth-order valence-electron chi connectivity index (χ4n) is 4.29. The zero-order chi connectivity index (χ0) is 22.8. The summed E-state index contributed by atoms with van der Waals surface area (Å²) in [6.45, 7) is 4.04. The normalized spacial score (nSPS) is 14.2. The lowest BCUT2D eigenvalue weighted by molar-refractivity contribution is 0.122. The van der Waals surface area contributed by atoms with Crippen molar-refractivity contribution in [3.8, 4) is 11.1 Å². The third-order valence-electron chi connectivity index (χ3n) is 5.88. The fraction of sp³-hybridized carbons (Fsp3) is 0.280. The van der Waals surface area contributed by atoms with Crippen LogP contribution >= 0.6 is 11.6 Å². The number of hydrogen-bond donors (Lipinski definition) is 1. The van der Waals surface area contributed by atoms with Crippen molar-refractivity contribution >= 4 is 28.3 Å². The maximum absolute atomic E-state index is 12.9. The SMILES string of the molecule is COCc1cc(Cl)cc(Cn2ccc(-c3c[nH]c4ncc(N5CCOCC5)cc34)cc2=O)c1. The van der Waals surface area contributed by atoms with Crippen molar-refractivity contribution in [2.45, 2.75) is 13.2 Å². The third kappa shape index (κ3) is 4.66. The van der Waals surface area contributed by atoms with E-state index in [-0.39, 0.29) is 5.56 Å². The smallest absolute Gasteiger partial charge is 0.251 e. The number of halogens is 1. The molecule has 0 aliphatic carbocycles. The topological polar surface area (TPSA) is 72.4 Å². The van der Waals surface area contributed by atoms with Crippen molar-refractivity contribution in [2.24, 2.45) is 0 Å². The van der Waals surface area contributed by atoms with Gasteiger partial charge in [-0.1, -0.05) is 17.7 Å². The van der Waals surface area contributed by atoms with Gasteiger partial charge in [-0.05, 0) is 41.0 Å². The predicted molar refractivity (Wildman–Crippen MR) is 130 cm³/mol. The van der Waals surface area contributed by atoms with Gasteiger partial charge < -0.3 is 23.9 Å². The number of benzene rings is 1. The van der Waals surface area contributed by atoms with Crippen LogP contribution in [0.1, 0.15) is 11.1 Å². The zero-order valence-corrected chi connectivity index (χ0v) is 19.1. The second-order valence-corrected chi connectivity index (χ2v) is 8.61. The lowest BCUT2D eigenvalue weighted by atomic mass is 10.1. The van der Waals surface area contributed by atoms with Gasteiger partial charge in [0.2, 0.25) is 0 Å².